The molecule has 1 amide bonds. The van der Waals surface area contributed by atoms with Gasteiger partial charge in [-0.3, -0.25) is 19.4 Å². The molecular formula is C32H31F2N3O5. The number of nitrogens with one attached hydrogen (secondary N) is 2. The molecule has 0 bridgehead atoms. The number of aromatic amines is 1. The summed E-state index contributed by atoms with van der Waals surface area (Å²) in [4.78, 5) is 43.7. The van der Waals surface area contributed by atoms with E-state index >= 15 is 0 Å². The summed E-state index contributed by atoms with van der Waals surface area (Å²) in [5.74, 6) is -1.37. The Kier molecular flexibility index (Phi) is 10.1. The van der Waals surface area contributed by atoms with Crippen LogP contribution in [0.25, 0.3) is 11.4 Å². The van der Waals surface area contributed by atoms with Crippen LogP contribution in [-0.4, -0.2) is 40.8 Å². The number of amides is 1. The molecule has 218 valence electrons. The smallest absolute Gasteiger partial charge is 0.305 e. The number of aryl methyl sites for hydroxylation is 1. The Bertz CT molecular complexity index is 1580. The molecule has 0 aliphatic rings. The Morgan fingerprint density at radius 2 is 1.71 bits per heavy atom. The summed E-state index contributed by atoms with van der Waals surface area (Å²) in [6.45, 7) is 4.20. The summed E-state index contributed by atoms with van der Waals surface area (Å²) in [6, 6.07) is 13.7. The zero-order chi connectivity index (χ0) is 30.1. The zero-order valence-corrected chi connectivity index (χ0v) is 23.3. The van der Waals surface area contributed by atoms with Crippen LogP contribution in [0.3, 0.4) is 0 Å². The van der Waals surface area contributed by atoms with E-state index in [9.17, 15) is 23.2 Å². The number of esters is 1. The quantitative estimate of drug-likeness (QED) is 0.152. The largest absolute Gasteiger partial charge is 0.466 e. The van der Waals surface area contributed by atoms with Crippen molar-refractivity contribution in [1.29, 1.82) is 0 Å². The van der Waals surface area contributed by atoms with Crippen molar-refractivity contribution in [3.05, 3.63) is 101 Å². The molecule has 2 N–H and O–H groups in total. The van der Waals surface area contributed by atoms with Gasteiger partial charge in [-0.1, -0.05) is 23.8 Å². The van der Waals surface area contributed by atoms with Gasteiger partial charge in [-0.2, -0.15) is 0 Å². The van der Waals surface area contributed by atoms with Gasteiger partial charge in [0.25, 0.3) is 5.91 Å². The summed E-state index contributed by atoms with van der Waals surface area (Å²) in [7, 11) is 0. The molecule has 42 heavy (non-hydrogen) atoms. The van der Waals surface area contributed by atoms with E-state index in [0.29, 0.717) is 42.3 Å². The molecule has 4 rings (SSSR count). The molecule has 2 aromatic carbocycles. The maximum Gasteiger partial charge on any atom is 0.305 e. The van der Waals surface area contributed by atoms with Crippen LogP contribution in [0.1, 0.15) is 46.8 Å². The van der Waals surface area contributed by atoms with E-state index in [1.165, 1.54) is 24.4 Å². The van der Waals surface area contributed by atoms with Gasteiger partial charge in [-0.25, -0.2) is 8.78 Å². The Labute approximate surface area is 242 Å². The highest BCUT2D eigenvalue weighted by molar-refractivity contribution is 5.95. The number of hydrogen-bond donors (Lipinski definition) is 2. The van der Waals surface area contributed by atoms with Crippen molar-refractivity contribution in [3.63, 3.8) is 0 Å². The summed E-state index contributed by atoms with van der Waals surface area (Å²) in [5, 5.41) is 2.76. The first-order chi connectivity index (χ1) is 20.2. The molecule has 0 aliphatic heterocycles. The molecule has 2 heterocycles. The van der Waals surface area contributed by atoms with Crippen LogP contribution in [-0.2, 0) is 27.2 Å². The van der Waals surface area contributed by atoms with Gasteiger partial charge in [0, 0.05) is 50.3 Å². The van der Waals surface area contributed by atoms with Crippen molar-refractivity contribution in [2.75, 3.05) is 13.2 Å². The van der Waals surface area contributed by atoms with E-state index in [0.717, 1.165) is 5.56 Å². The number of carbonyl (C=O) groups excluding carboxylic acids is 3. The van der Waals surface area contributed by atoms with Gasteiger partial charge in [0.05, 0.1) is 23.6 Å². The maximum atomic E-state index is 14.8. The van der Waals surface area contributed by atoms with E-state index in [1.54, 1.807) is 49.5 Å². The highest BCUT2D eigenvalue weighted by Gasteiger charge is 2.14. The second kappa shape index (κ2) is 14.2. The standard InChI is InChI=1S/C32H31F2N3O5/c1-3-41-31(39)5-4-11-36-32(40)23-16-29(37-19-23)30-18-26(10-12-35-30)42-25-8-7-21(28(34)17-25)14-24(38)15-22-13-20(2)6-9-27(22)33/h6-10,12-13,16-19,37H,3-5,11,14-15H2,1-2H3,(H,36,40). The number of pyridine rings is 1. The third-order valence-electron chi connectivity index (χ3n) is 6.34. The zero-order valence-electron chi connectivity index (χ0n) is 23.3. The summed E-state index contributed by atoms with van der Waals surface area (Å²) < 4.78 is 39.5. The Morgan fingerprint density at radius 3 is 2.50 bits per heavy atom. The number of benzene rings is 2. The molecule has 0 fully saturated rings. The van der Waals surface area contributed by atoms with Crippen LogP contribution in [0.2, 0.25) is 0 Å². The summed E-state index contributed by atoms with van der Waals surface area (Å²) in [5.41, 5.74) is 2.78. The second-order valence-corrected chi connectivity index (χ2v) is 9.69. The minimum Gasteiger partial charge on any atom is -0.466 e. The van der Waals surface area contributed by atoms with Gasteiger partial charge in [-0.15, -0.1) is 0 Å². The molecule has 8 nitrogen and oxygen atoms in total. The van der Waals surface area contributed by atoms with Gasteiger partial charge in [0.15, 0.2) is 0 Å². The van der Waals surface area contributed by atoms with Crippen molar-refractivity contribution >= 4 is 17.7 Å². The fourth-order valence-corrected chi connectivity index (χ4v) is 4.26. The van der Waals surface area contributed by atoms with Gasteiger partial charge < -0.3 is 19.8 Å². The Hall–Kier alpha value is -4.86. The Balaban J connectivity index is 1.34. The lowest BCUT2D eigenvalue weighted by Gasteiger charge is -2.09. The molecule has 4 aromatic rings. The van der Waals surface area contributed by atoms with Crippen molar-refractivity contribution in [2.24, 2.45) is 0 Å². The van der Waals surface area contributed by atoms with Crippen molar-refractivity contribution < 1.29 is 32.6 Å². The normalized spacial score (nSPS) is 10.8. The summed E-state index contributed by atoms with van der Waals surface area (Å²) >= 11 is 0. The lowest BCUT2D eigenvalue weighted by molar-refractivity contribution is -0.143. The minimum atomic E-state index is -0.609. The molecule has 0 saturated carbocycles. The predicted molar refractivity (Wildman–Crippen MR) is 152 cm³/mol. The molecule has 0 unspecified atom stereocenters. The number of aromatic nitrogens is 2. The van der Waals surface area contributed by atoms with E-state index in [-0.39, 0.29) is 53.8 Å². The number of nitrogens with zero attached hydrogens (tertiary/aromatic N) is 1. The Morgan fingerprint density at radius 1 is 0.929 bits per heavy atom. The highest BCUT2D eigenvalue weighted by atomic mass is 19.1. The van der Waals surface area contributed by atoms with Gasteiger partial charge in [0.1, 0.15) is 28.9 Å². The topological polar surface area (TPSA) is 110 Å². The third kappa shape index (κ3) is 8.33. The molecule has 0 aliphatic carbocycles. The number of ketones is 1. The molecular weight excluding hydrogens is 544 g/mol. The minimum absolute atomic E-state index is 0.122. The number of H-pyrrole nitrogens is 1. The lowest BCUT2D eigenvalue weighted by atomic mass is 10.0. The van der Waals surface area contributed by atoms with E-state index in [2.05, 4.69) is 15.3 Å². The van der Waals surface area contributed by atoms with Crippen LogP contribution in [0.4, 0.5) is 8.78 Å². The molecule has 10 heteroatoms. The van der Waals surface area contributed by atoms with Gasteiger partial charge >= 0.3 is 5.97 Å². The van der Waals surface area contributed by atoms with Crippen LogP contribution in [0.15, 0.2) is 67.0 Å². The first kappa shape index (κ1) is 30.1. The fourth-order valence-electron chi connectivity index (χ4n) is 4.26. The number of Topliss-reactive ketones (excluding diaryl/α,β-unsaturated/α-hetero) is 1. The molecule has 0 radical (unpaired) electrons. The summed E-state index contributed by atoms with van der Waals surface area (Å²) in [6.07, 6.45) is 3.47. The molecule has 0 saturated heterocycles. The molecule has 2 aromatic heterocycles. The van der Waals surface area contributed by atoms with Gasteiger partial charge in [0.2, 0.25) is 0 Å². The average Bonchev–Trinajstić information content (AvgIpc) is 3.46. The second-order valence-electron chi connectivity index (χ2n) is 9.69. The van der Waals surface area contributed by atoms with Crippen LogP contribution < -0.4 is 10.1 Å². The number of carbonyl (C=O) groups is 3. The first-order valence-electron chi connectivity index (χ1n) is 13.5. The predicted octanol–water partition coefficient (Wildman–Crippen LogP) is 5.88. The third-order valence-corrected chi connectivity index (χ3v) is 6.34. The maximum absolute atomic E-state index is 14.8. The fraction of sp³-hybridized carbons (Fsp3) is 0.250. The van der Waals surface area contributed by atoms with Crippen LogP contribution >= 0.6 is 0 Å². The highest BCUT2D eigenvalue weighted by Crippen LogP contribution is 2.27. The van der Waals surface area contributed by atoms with Crippen molar-refractivity contribution in [3.8, 4) is 22.9 Å². The average molecular weight is 576 g/mol. The van der Waals surface area contributed by atoms with Crippen LogP contribution in [0.5, 0.6) is 11.5 Å². The van der Waals surface area contributed by atoms with Crippen molar-refractivity contribution in [2.45, 2.75) is 39.5 Å². The molecule has 0 spiro atoms. The number of rotatable bonds is 13. The lowest BCUT2D eigenvalue weighted by Crippen LogP contribution is -2.24. The van der Waals surface area contributed by atoms with E-state index in [1.807, 2.05) is 6.92 Å². The molecule has 0 atom stereocenters. The SMILES string of the molecule is CCOC(=O)CCCNC(=O)c1c[nH]c(-c2cc(Oc3ccc(CC(=O)Cc4cc(C)ccc4F)c(F)c3)ccn2)c1. The van der Waals surface area contributed by atoms with Gasteiger partial charge in [-0.05, 0) is 55.7 Å². The van der Waals surface area contributed by atoms with Crippen molar-refractivity contribution in [1.82, 2.24) is 15.3 Å². The number of halogens is 2. The monoisotopic (exact) mass is 575 g/mol. The number of ether oxygens (including phenoxy) is 2. The van der Waals surface area contributed by atoms with Crippen LogP contribution in [0, 0.1) is 18.6 Å². The number of hydrogen-bond acceptors (Lipinski definition) is 6. The first-order valence-corrected chi connectivity index (χ1v) is 13.5. The van der Waals surface area contributed by atoms with E-state index < -0.39 is 11.6 Å². The van der Waals surface area contributed by atoms with E-state index in [4.69, 9.17) is 9.47 Å².